The molecule has 0 spiro atoms. The molecule has 164 valence electrons. The van der Waals surface area contributed by atoms with Crippen LogP contribution in [0, 0.1) is 5.92 Å². The molecule has 1 aromatic rings. The van der Waals surface area contributed by atoms with Gasteiger partial charge in [-0.1, -0.05) is 12.5 Å². The summed E-state index contributed by atoms with van der Waals surface area (Å²) >= 11 is 0. The summed E-state index contributed by atoms with van der Waals surface area (Å²) in [6.45, 7) is 5.85. The van der Waals surface area contributed by atoms with Gasteiger partial charge in [-0.2, -0.15) is 0 Å². The number of aliphatic imine (C=N–C) groups is 1. The maximum Gasteiger partial charge on any atom is 0.213 e. The van der Waals surface area contributed by atoms with E-state index in [0.717, 1.165) is 18.6 Å². The Labute approximate surface area is 174 Å². The minimum absolute atomic E-state index is 0.0139. The first-order valence-corrected chi connectivity index (χ1v) is 11.9. The minimum atomic E-state index is -3.27. The van der Waals surface area contributed by atoms with Gasteiger partial charge in [0, 0.05) is 25.7 Å². The van der Waals surface area contributed by atoms with Crippen LogP contribution in [0.2, 0.25) is 0 Å². The van der Waals surface area contributed by atoms with E-state index in [-0.39, 0.29) is 18.4 Å². The molecule has 0 saturated heterocycles. The van der Waals surface area contributed by atoms with Gasteiger partial charge in [0.2, 0.25) is 10.0 Å². The van der Waals surface area contributed by atoms with E-state index < -0.39 is 10.0 Å². The Morgan fingerprint density at radius 1 is 1.28 bits per heavy atom. The van der Waals surface area contributed by atoms with Gasteiger partial charge in [0.15, 0.2) is 5.96 Å². The number of hydrogen-bond acceptors (Lipinski definition) is 5. The first-order chi connectivity index (χ1) is 13.9. The number of methoxy groups -OCH3 is 1. The number of nitrogens with zero attached hydrogens (tertiary/aromatic N) is 1. The Balaban J connectivity index is 1.77. The summed E-state index contributed by atoms with van der Waals surface area (Å²) in [5.41, 5.74) is 0. The molecule has 0 heterocycles. The highest BCUT2D eigenvalue weighted by Gasteiger charge is 2.20. The van der Waals surface area contributed by atoms with Crippen molar-refractivity contribution >= 4 is 16.0 Å². The molecule has 1 aromatic carbocycles. The zero-order valence-electron chi connectivity index (χ0n) is 17.6. The highest BCUT2D eigenvalue weighted by Crippen LogP contribution is 2.25. The topological polar surface area (TPSA) is 101 Å². The van der Waals surface area contributed by atoms with Crippen LogP contribution in [0.3, 0.4) is 0 Å². The van der Waals surface area contributed by atoms with Crippen molar-refractivity contribution in [3.8, 4) is 11.5 Å². The van der Waals surface area contributed by atoms with Crippen molar-refractivity contribution in [2.24, 2.45) is 10.9 Å². The molecule has 9 heteroatoms. The standard InChI is InChI=1S/C20H34N4O4S/c1-4-21-20(22-11-12-29(25,26)24-15-17-7-5-8-17)23-14-16(2)28-19-10-6-9-18(13-19)27-3/h6,9-10,13,16-17,24H,4-5,7-8,11-12,14-15H2,1-3H3,(H2,21,22,23). The summed E-state index contributed by atoms with van der Waals surface area (Å²) in [5, 5.41) is 6.20. The van der Waals surface area contributed by atoms with Gasteiger partial charge >= 0.3 is 0 Å². The van der Waals surface area contributed by atoms with E-state index in [1.807, 2.05) is 38.1 Å². The highest BCUT2D eigenvalue weighted by atomic mass is 32.2. The van der Waals surface area contributed by atoms with Crippen molar-refractivity contribution < 1.29 is 17.9 Å². The molecule has 0 bridgehead atoms. The normalized spacial score (nSPS) is 16.0. The Morgan fingerprint density at radius 2 is 2.03 bits per heavy atom. The molecule has 1 fully saturated rings. The van der Waals surface area contributed by atoms with E-state index in [1.165, 1.54) is 6.42 Å². The average Bonchev–Trinajstić information content (AvgIpc) is 2.64. The second kappa shape index (κ2) is 11.9. The van der Waals surface area contributed by atoms with Gasteiger partial charge in [-0.3, -0.25) is 0 Å². The number of hydrogen-bond donors (Lipinski definition) is 3. The van der Waals surface area contributed by atoms with Crippen LogP contribution in [0.1, 0.15) is 33.1 Å². The Morgan fingerprint density at radius 3 is 2.69 bits per heavy atom. The number of rotatable bonds is 12. The molecule has 0 aromatic heterocycles. The molecule has 3 N–H and O–H groups in total. The number of sulfonamides is 1. The molecular weight excluding hydrogens is 392 g/mol. The molecule has 1 unspecified atom stereocenters. The summed E-state index contributed by atoms with van der Waals surface area (Å²) in [7, 11) is -1.66. The van der Waals surface area contributed by atoms with Gasteiger partial charge in [0.05, 0.1) is 19.4 Å². The number of ether oxygens (including phenoxy) is 2. The van der Waals surface area contributed by atoms with Crippen LogP contribution in [0.4, 0.5) is 0 Å². The molecular formula is C20H34N4O4S. The van der Waals surface area contributed by atoms with Crippen molar-refractivity contribution in [3.63, 3.8) is 0 Å². The predicted molar refractivity (Wildman–Crippen MR) is 116 cm³/mol. The van der Waals surface area contributed by atoms with Crippen LogP contribution >= 0.6 is 0 Å². The smallest absolute Gasteiger partial charge is 0.213 e. The van der Waals surface area contributed by atoms with Crippen molar-refractivity contribution in [1.82, 2.24) is 15.4 Å². The van der Waals surface area contributed by atoms with Crippen molar-refractivity contribution in [2.75, 3.05) is 39.0 Å². The van der Waals surface area contributed by atoms with Gasteiger partial charge in [-0.25, -0.2) is 18.1 Å². The maximum absolute atomic E-state index is 12.1. The third-order valence-corrected chi connectivity index (χ3v) is 6.06. The SMILES string of the molecule is CCNC(=NCC(C)Oc1cccc(OC)c1)NCCS(=O)(=O)NCC1CCC1. The summed E-state index contributed by atoms with van der Waals surface area (Å²) in [6, 6.07) is 7.42. The zero-order chi connectivity index (χ0) is 21.1. The van der Waals surface area contributed by atoms with Gasteiger partial charge in [-0.05, 0) is 44.7 Å². The molecule has 1 aliphatic carbocycles. The number of benzene rings is 1. The van der Waals surface area contributed by atoms with Crippen LogP contribution in [0.5, 0.6) is 11.5 Å². The fraction of sp³-hybridized carbons (Fsp3) is 0.650. The first kappa shape index (κ1) is 23.3. The summed E-state index contributed by atoms with van der Waals surface area (Å²) in [6.07, 6.45) is 3.30. The fourth-order valence-corrected chi connectivity index (χ4v) is 3.83. The van der Waals surface area contributed by atoms with Crippen LogP contribution < -0.4 is 24.8 Å². The molecule has 2 rings (SSSR count). The van der Waals surface area contributed by atoms with Crippen molar-refractivity contribution in [2.45, 2.75) is 39.2 Å². The lowest BCUT2D eigenvalue weighted by molar-refractivity contribution is 0.229. The predicted octanol–water partition coefficient (Wildman–Crippen LogP) is 1.74. The largest absolute Gasteiger partial charge is 0.497 e. The zero-order valence-corrected chi connectivity index (χ0v) is 18.4. The van der Waals surface area contributed by atoms with Gasteiger partial charge in [-0.15, -0.1) is 0 Å². The first-order valence-electron chi connectivity index (χ1n) is 10.2. The monoisotopic (exact) mass is 426 g/mol. The lowest BCUT2D eigenvalue weighted by Gasteiger charge is -2.25. The van der Waals surface area contributed by atoms with E-state index in [4.69, 9.17) is 9.47 Å². The average molecular weight is 427 g/mol. The van der Waals surface area contributed by atoms with Crippen LogP contribution in [-0.4, -0.2) is 59.5 Å². The third-order valence-electron chi connectivity index (χ3n) is 4.71. The molecule has 0 amide bonds. The lowest BCUT2D eigenvalue weighted by Crippen LogP contribution is -2.42. The molecule has 1 atom stereocenters. The summed E-state index contributed by atoms with van der Waals surface area (Å²) in [4.78, 5) is 4.49. The van der Waals surface area contributed by atoms with E-state index in [0.29, 0.717) is 37.3 Å². The van der Waals surface area contributed by atoms with Gasteiger partial charge in [0.25, 0.3) is 0 Å². The number of guanidine groups is 1. The van der Waals surface area contributed by atoms with Gasteiger partial charge in [0.1, 0.15) is 17.6 Å². The van der Waals surface area contributed by atoms with Crippen LogP contribution in [-0.2, 0) is 10.0 Å². The molecule has 29 heavy (non-hydrogen) atoms. The van der Waals surface area contributed by atoms with Crippen molar-refractivity contribution in [1.29, 1.82) is 0 Å². The Kier molecular flexibility index (Phi) is 9.53. The fourth-order valence-electron chi connectivity index (χ4n) is 2.82. The molecule has 0 aliphatic heterocycles. The Hall–Kier alpha value is -2.00. The third kappa shape index (κ3) is 8.91. The lowest BCUT2D eigenvalue weighted by atomic mass is 9.86. The summed E-state index contributed by atoms with van der Waals surface area (Å²) < 4.78 is 37.9. The van der Waals surface area contributed by atoms with Crippen LogP contribution in [0.15, 0.2) is 29.3 Å². The maximum atomic E-state index is 12.1. The van der Waals surface area contributed by atoms with E-state index in [9.17, 15) is 8.42 Å². The summed E-state index contributed by atoms with van der Waals surface area (Å²) in [5.74, 6) is 2.54. The molecule has 8 nitrogen and oxygen atoms in total. The molecule has 1 aliphatic rings. The van der Waals surface area contributed by atoms with E-state index in [1.54, 1.807) is 7.11 Å². The Bertz CT molecular complexity index is 751. The quantitative estimate of drug-likeness (QED) is 0.348. The second-order valence-corrected chi connectivity index (χ2v) is 9.14. The van der Waals surface area contributed by atoms with Gasteiger partial charge < -0.3 is 20.1 Å². The molecule has 0 radical (unpaired) electrons. The van der Waals surface area contributed by atoms with E-state index >= 15 is 0 Å². The minimum Gasteiger partial charge on any atom is -0.497 e. The van der Waals surface area contributed by atoms with Crippen molar-refractivity contribution in [3.05, 3.63) is 24.3 Å². The highest BCUT2D eigenvalue weighted by molar-refractivity contribution is 7.89. The van der Waals surface area contributed by atoms with Crippen LogP contribution in [0.25, 0.3) is 0 Å². The second-order valence-electron chi connectivity index (χ2n) is 7.22. The van der Waals surface area contributed by atoms with E-state index in [2.05, 4.69) is 20.3 Å². The number of nitrogens with one attached hydrogen (secondary N) is 3. The molecule has 1 saturated carbocycles.